The van der Waals surface area contributed by atoms with E-state index in [1.165, 1.54) is 0 Å². The van der Waals surface area contributed by atoms with E-state index in [1.807, 2.05) is 0 Å². The van der Waals surface area contributed by atoms with Gasteiger partial charge in [-0.05, 0) is 18.2 Å². The van der Waals surface area contributed by atoms with Crippen molar-refractivity contribution in [2.45, 2.75) is 20.3 Å². The van der Waals surface area contributed by atoms with Gasteiger partial charge in [-0.2, -0.15) is 17.9 Å². The molecule has 0 aromatic rings. The van der Waals surface area contributed by atoms with E-state index in [-0.39, 0.29) is 0 Å². The first-order valence-corrected chi connectivity index (χ1v) is 5.08. The van der Waals surface area contributed by atoms with Gasteiger partial charge in [-0.1, -0.05) is 13.8 Å². The van der Waals surface area contributed by atoms with E-state index in [4.69, 9.17) is 5.26 Å². The van der Waals surface area contributed by atoms with E-state index in [1.54, 1.807) is 0 Å². The molecule has 0 aromatic heterocycles. The van der Waals surface area contributed by atoms with Gasteiger partial charge in [-0.3, -0.25) is 0 Å². The first kappa shape index (κ1) is 11.8. The zero-order valence-electron chi connectivity index (χ0n) is 7.95. The van der Waals surface area contributed by atoms with Crippen LogP contribution in [0, 0.1) is 17.2 Å². The van der Waals surface area contributed by atoms with Crippen molar-refractivity contribution in [2.24, 2.45) is 5.92 Å². The molecule has 0 rings (SSSR count). The summed E-state index contributed by atoms with van der Waals surface area (Å²) in [5, 5.41) is 8.41. The predicted molar refractivity (Wildman–Crippen MR) is 55.4 cm³/mol. The van der Waals surface area contributed by atoms with Crippen LogP contribution in [0.5, 0.6) is 0 Å². The highest BCUT2D eigenvalue weighted by Crippen LogP contribution is 2.02. The van der Waals surface area contributed by atoms with Gasteiger partial charge >= 0.3 is 0 Å². The third kappa shape index (κ3) is 5.45. The monoisotopic (exact) mass is 186 g/mol. The van der Waals surface area contributed by atoms with E-state index in [0.29, 0.717) is 12.3 Å². The summed E-state index contributed by atoms with van der Waals surface area (Å²) in [7, 11) is 0. The van der Waals surface area contributed by atoms with Crippen molar-refractivity contribution in [1.29, 1.82) is 5.26 Å². The fourth-order valence-corrected chi connectivity index (χ4v) is 1.20. The van der Waals surface area contributed by atoms with Crippen LogP contribution in [0.1, 0.15) is 20.3 Å². The molecule has 0 fully saturated rings. The van der Waals surface area contributed by atoms with Crippen LogP contribution >= 0.6 is 12.6 Å². The summed E-state index contributed by atoms with van der Waals surface area (Å²) in [5.74, 6) is 1.54. The molecule has 0 amide bonds. The molecule has 12 heavy (non-hydrogen) atoms. The van der Waals surface area contributed by atoms with E-state index in [9.17, 15) is 0 Å². The maximum Gasteiger partial charge on any atom is 0.0635 e. The van der Waals surface area contributed by atoms with Crippen molar-refractivity contribution in [2.75, 3.05) is 25.4 Å². The summed E-state index contributed by atoms with van der Waals surface area (Å²) in [6.45, 7) is 7.29. The topological polar surface area (TPSA) is 27.0 Å². The van der Waals surface area contributed by atoms with E-state index in [0.717, 1.165) is 25.4 Å². The molecular formula is C9H18N2S. The highest BCUT2D eigenvalue weighted by molar-refractivity contribution is 7.80. The van der Waals surface area contributed by atoms with Gasteiger partial charge in [-0.15, -0.1) is 0 Å². The van der Waals surface area contributed by atoms with Crippen LogP contribution in [0.15, 0.2) is 0 Å². The lowest BCUT2D eigenvalue weighted by molar-refractivity contribution is 0.264. The average molecular weight is 186 g/mol. The third-order valence-electron chi connectivity index (χ3n) is 1.87. The minimum atomic E-state index is 0.618. The Morgan fingerprint density at radius 3 is 2.67 bits per heavy atom. The summed E-state index contributed by atoms with van der Waals surface area (Å²) < 4.78 is 0. The Balaban J connectivity index is 3.60. The number of hydrogen-bond donors (Lipinski definition) is 1. The molecular weight excluding hydrogens is 168 g/mol. The summed E-state index contributed by atoms with van der Waals surface area (Å²) in [6.07, 6.45) is 0.632. The van der Waals surface area contributed by atoms with Gasteiger partial charge in [0.2, 0.25) is 0 Å². The molecule has 2 nitrogen and oxygen atoms in total. The molecule has 1 unspecified atom stereocenters. The largest absolute Gasteiger partial charge is 0.302 e. The molecule has 70 valence electrons. The molecule has 0 aliphatic carbocycles. The van der Waals surface area contributed by atoms with Crippen LogP contribution < -0.4 is 0 Å². The van der Waals surface area contributed by atoms with Crippen molar-refractivity contribution < 1.29 is 0 Å². The number of thiol groups is 1. The number of hydrogen-bond acceptors (Lipinski definition) is 3. The average Bonchev–Trinajstić information content (AvgIpc) is 2.11. The number of nitrogens with zero attached hydrogens (tertiary/aromatic N) is 2. The molecule has 0 aromatic carbocycles. The fraction of sp³-hybridized carbons (Fsp3) is 0.889. The fourth-order valence-electron chi connectivity index (χ4n) is 1.09. The lowest BCUT2D eigenvalue weighted by atomic mass is 10.2. The molecule has 0 saturated heterocycles. The minimum absolute atomic E-state index is 0.618. The summed E-state index contributed by atoms with van der Waals surface area (Å²) in [6, 6.07) is 2.16. The summed E-state index contributed by atoms with van der Waals surface area (Å²) in [5.41, 5.74) is 0. The van der Waals surface area contributed by atoms with Crippen LogP contribution in [0.2, 0.25) is 0 Å². The van der Waals surface area contributed by atoms with Crippen molar-refractivity contribution >= 4 is 12.6 Å². The summed E-state index contributed by atoms with van der Waals surface area (Å²) >= 11 is 4.23. The maximum atomic E-state index is 8.41. The first-order valence-electron chi connectivity index (χ1n) is 4.44. The Labute approximate surface area is 81.0 Å². The highest BCUT2D eigenvalue weighted by atomic mass is 32.1. The highest BCUT2D eigenvalue weighted by Gasteiger charge is 2.06. The number of rotatable bonds is 6. The molecule has 0 aliphatic heterocycles. The number of nitriles is 1. The lowest BCUT2D eigenvalue weighted by Crippen LogP contribution is -2.29. The van der Waals surface area contributed by atoms with Gasteiger partial charge in [0.25, 0.3) is 0 Å². The molecule has 0 heterocycles. The second-order valence-corrected chi connectivity index (χ2v) is 3.45. The minimum Gasteiger partial charge on any atom is -0.302 e. The molecule has 0 bridgehead atoms. The van der Waals surface area contributed by atoms with Crippen molar-refractivity contribution in [3.05, 3.63) is 0 Å². The van der Waals surface area contributed by atoms with Crippen LogP contribution in [0.25, 0.3) is 0 Å². The predicted octanol–water partition coefficient (Wildman–Crippen LogP) is 1.79. The van der Waals surface area contributed by atoms with Gasteiger partial charge < -0.3 is 4.90 Å². The molecule has 3 heteroatoms. The standard InChI is InChI=1S/C9H18N2S/c1-3-11(6-4-5-10)7-9(2)8-12/h9,12H,3-4,6-8H2,1-2H3. The Bertz CT molecular complexity index is 142. The van der Waals surface area contributed by atoms with Crippen LogP contribution in [-0.2, 0) is 0 Å². The molecule has 1 atom stereocenters. The Morgan fingerprint density at radius 1 is 1.58 bits per heavy atom. The Kier molecular flexibility index (Phi) is 7.33. The van der Waals surface area contributed by atoms with Crippen LogP contribution in [0.4, 0.5) is 0 Å². The SMILES string of the molecule is CCN(CCC#N)CC(C)CS. The molecule has 0 spiro atoms. The van der Waals surface area contributed by atoms with E-state index in [2.05, 4.69) is 37.4 Å². The molecule has 0 radical (unpaired) electrons. The molecule has 0 N–H and O–H groups in total. The quantitative estimate of drug-likeness (QED) is 0.640. The van der Waals surface area contributed by atoms with Crippen molar-refractivity contribution in [3.63, 3.8) is 0 Å². The normalized spacial score (nSPS) is 12.9. The van der Waals surface area contributed by atoms with E-state index < -0.39 is 0 Å². The zero-order valence-corrected chi connectivity index (χ0v) is 8.85. The molecule has 0 saturated carbocycles. The van der Waals surface area contributed by atoms with Crippen LogP contribution in [0.3, 0.4) is 0 Å². The first-order chi connectivity index (χ1) is 5.74. The Morgan fingerprint density at radius 2 is 2.25 bits per heavy atom. The third-order valence-corrected chi connectivity index (χ3v) is 2.49. The van der Waals surface area contributed by atoms with Gasteiger partial charge in [0.05, 0.1) is 6.07 Å². The van der Waals surface area contributed by atoms with Crippen molar-refractivity contribution in [1.82, 2.24) is 4.90 Å². The van der Waals surface area contributed by atoms with Gasteiger partial charge in [0.15, 0.2) is 0 Å². The smallest absolute Gasteiger partial charge is 0.0635 e. The van der Waals surface area contributed by atoms with Crippen molar-refractivity contribution in [3.8, 4) is 6.07 Å². The van der Waals surface area contributed by atoms with Gasteiger partial charge in [0, 0.05) is 19.5 Å². The zero-order chi connectivity index (χ0) is 9.40. The summed E-state index contributed by atoms with van der Waals surface area (Å²) in [4.78, 5) is 2.30. The molecule has 0 aliphatic rings. The maximum absolute atomic E-state index is 8.41. The second-order valence-electron chi connectivity index (χ2n) is 3.09. The second kappa shape index (κ2) is 7.45. The lowest BCUT2D eigenvalue weighted by Gasteiger charge is -2.21. The van der Waals surface area contributed by atoms with Crippen LogP contribution in [-0.4, -0.2) is 30.3 Å². The van der Waals surface area contributed by atoms with Gasteiger partial charge in [0.1, 0.15) is 0 Å². The van der Waals surface area contributed by atoms with E-state index >= 15 is 0 Å². The van der Waals surface area contributed by atoms with Gasteiger partial charge in [-0.25, -0.2) is 0 Å². The Hall–Kier alpha value is -0.200.